The van der Waals surface area contributed by atoms with Crippen LogP contribution in [0.3, 0.4) is 0 Å². The second-order valence-electron chi connectivity index (χ2n) is 7.67. The minimum absolute atomic E-state index is 0.0325. The number of hydrogen-bond acceptors (Lipinski definition) is 4. The van der Waals surface area contributed by atoms with Gasteiger partial charge in [-0.15, -0.1) is 0 Å². The van der Waals surface area contributed by atoms with Crippen molar-refractivity contribution in [2.75, 3.05) is 26.4 Å². The maximum absolute atomic E-state index is 11.8. The molecule has 1 aliphatic carbocycles. The van der Waals surface area contributed by atoms with Crippen LogP contribution in [0.1, 0.15) is 113 Å². The van der Waals surface area contributed by atoms with E-state index in [1.54, 1.807) is 0 Å². The van der Waals surface area contributed by atoms with Crippen LogP contribution in [0.25, 0.3) is 0 Å². The van der Waals surface area contributed by atoms with Gasteiger partial charge in [-0.25, -0.2) is 0 Å². The average molecular weight is 405 g/mol. The first-order valence-electron chi connectivity index (χ1n) is 11.7. The molecule has 0 aliphatic heterocycles. The summed E-state index contributed by atoms with van der Waals surface area (Å²) in [6, 6.07) is 0. The Bertz CT molecular complexity index is 295. The highest BCUT2D eigenvalue weighted by molar-refractivity contribution is 5.86. The first-order chi connectivity index (χ1) is 13.4. The fourth-order valence-electron chi connectivity index (χ4n) is 3.20. The molecule has 1 saturated carbocycles. The summed E-state index contributed by atoms with van der Waals surface area (Å²) in [6.07, 6.45) is 10.7. The van der Waals surface area contributed by atoms with Crippen LogP contribution in [0.4, 0.5) is 0 Å². The summed E-state index contributed by atoms with van der Waals surface area (Å²) in [5.74, 6) is 1.19. The third-order valence-corrected chi connectivity index (χ3v) is 4.81. The van der Waals surface area contributed by atoms with Crippen LogP contribution in [0.15, 0.2) is 0 Å². The van der Waals surface area contributed by atoms with Gasteiger partial charge in [-0.05, 0) is 50.9 Å². The van der Waals surface area contributed by atoms with Crippen LogP contribution >= 0.6 is 0 Å². The highest BCUT2D eigenvalue weighted by Crippen LogP contribution is 2.45. The lowest BCUT2D eigenvalue weighted by atomic mass is 9.74. The molecule has 1 fully saturated rings. The monoisotopic (exact) mass is 404 g/mol. The molecule has 0 bridgehead atoms. The molecule has 0 saturated heterocycles. The van der Waals surface area contributed by atoms with Gasteiger partial charge < -0.3 is 14.9 Å². The number of aliphatic hydroxyl groups excluding tert-OH is 2. The Hall–Kier alpha value is -0.450. The molecule has 4 nitrogen and oxygen atoms in total. The number of ether oxygens (including phenoxy) is 1. The third-order valence-electron chi connectivity index (χ3n) is 4.81. The Balaban J connectivity index is -0.000000351. The van der Waals surface area contributed by atoms with Gasteiger partial charge in [0.2, 0.25) is 0 Å². The minimum Gasteiger partial charge on any atom is -0.396 e. The van der Waals surface area contributed by atoms with Gasteiger partial charge in [0.15, 0.2) is 0 Å². The number of Topliss-reactive ketones (excluding diaryl/α,β-unsaturated/α-hetero) is 1. The summed E-state index contributed by atoms with van der Waals surface area (Å²) in [6.45, 7) is 17.2. The van der Waals surface area contributed by atoms with E-state index in [1.165, 1.54) is 12.8 Å². The van der Waals surface area contributed by atoms with E-state index in [0.717, 1.165) is 64.6 Å². The molecule has 0 aromatic rings. The van der Waals surface area contributed by atoms with Crippen molar-refractivity contribution in [2.45, 2.75) is 113 Å². The predicted octanol–water partition coefficient (Wildman–Crippen LogP) is 6.17. The number of aliphatic hydroxyl groups is 2. The number of carbonyl (C=O) groups is 1. The van der Waals surface area contributed by atoms with Crippen molar-refractivity contribution in [3.8, 4) is 0 Å². The third kappa shape index (κ3) is 17.6. The van der Waals surface area contributed by atoms with Crippen LogP contribution in [-0.2, 0) is 9.53 Å². The largest absolute Gasteiger partial charge is 0.396 e. The first-order valence-corrected chi connectivity index (χ1v) is 11.7. The first kappa shape index (κ1) is 32.2. The van der Waals surface area contributed by atoms with E-state index < -0.39 is 0 Å². The van der Waals surface area contributed by atoms with Crippen molar-refractivity contribution < 1.29 is 19.7 Å². The van der Waals surface area contributed by atoms with E-state index in [0.29, 0.717) is 24.9 Å². The van der Waals surface area contributed by atoms with E-state index >= 15 is 0 Å². The smallest absolute Gasteiger partial charge is 0.139 e. The maximum Gasteiger partial charge on any atom is 0.139 e. The van der Waals surface area contributed by atoms with E-state index in [1.807, 2.05) is 13.8 Å². The molecule has 0 aromatic heterocycles. The summed E-state index contributed by atoms with van der Waals surface area (Å²) in [4.78, 5) is 11.8. The van der Waals surface area contributed by atoms with Crippen molar-refractivity contribution in [3.05, 3.63) is 0 Å². The second kappa shape index (κ2) is 24.6. The molecule has 2 unspecified atom stereocenters. The highest BCUT2D eigenvalue weighted by Gasteiger charge is 2.44. The summed E-state index contributed by atoms with van der Waals surface area (Å²) < 4.78 is 5.13. The van der Waals surface area contributed by atoms with Crippen molar-refractivity contribution in [1.82, 2.24) is 0 Å². The van der Waals surface area contributed by atoms with Gasteiger partial charge in [-0.2, -0.15) is 0 Å². The number of hydrogen-bond donors (Lipinski definition) is 2. The molecule has 172 valence electrons. The van der Waals surface area contributed by atoms with Gasteiger partial charge in [0.05, 0.1) is 0 Å². The zero-order valence-corrected chi connectivity index (χ0v) is 20.2. The molecule has 0 aromatic carbocycles. The van der Waals surface area contributed by atoms with Crippen molar-refractivity contribution in [1.29, 1.82) is 0 Å². The molecule has 2 atom stereocenters. The topological polar surface area (TPSA) is 66.8 Å². The van der Waals surface area contributed by atoms with Crippen LogP contribution in [-0.4, -0.2) is 42.4 Å². The lowest BCUT2D eigenvalue weighted by molar-refractivity contribution is -0.126. The second-order valence-corrected chi connectivity index (χ2v) is 7.67. The van der Waals surface area contributed by atoms with Crippen molar-refractivity contribution in [3.63, 3.8) is 0 Å². The molecular weight excluding hydrogens is 352 g/mol. The van der Waals surface area contributed by atoms with E-state index in [2.05, 4.69) is 34.6 Å². The molecule has 1 aliphatic rings. The predicted molar refractivity (Wildman–Crippen MR) is 122 cm³/mol. The Kier molecular flexibility index (Phi) is 28.3. The standard InChI is InChI=1S/C12H22O.C6H14O.2C3H8O/c1-4-6-10-7-8-11(13)12(10,3)9-5-2;1-3-5-7-6-4-2;2*1-2-3-4/h10H,4-9H2,1-3H3;3-6H2,1-2H3;2*4H,2-3H2,1H3. The molecule has 4 heteroatoms. The molecule has 0 heterocycles. The van der Waals surface area contributed by atoms with Crippen LogP contribution in [0.5, 0.6) is 0 Å². The Morgan fingerprint density at radius 3 is 1.64 bits per heavy atom. The fourth-order valence-corrected chi connectivity index (χ4v) is 3.20. The number of rotatable bonds is 10. The lowest BCUT2D eigenvalue weighted by Gasteiger charge is -2.29. The molecule has 2 N–H and O–H groups in total. The van der Waals surface area contributed by atoms with E-state index in [4.69, 9.17) is 14.9 Å². The Morgan fingerprint density at radius 2 is 1.32 bits per heavy atom. The molecular formula is C24H52O4. The van der Waals surface area contributed by atoms with Crippen LogP contribution in [0, 0.1) is 11.3 Å². The van der Waals surface area contributed by atoms with Gasteiger partial charge in [0.25, 0.3) is 0 Å². The summed E-state index contributed by atoms with van der Waals surface area (Å²) >= 11 is 0. The summed E-state index contributed by atoms with van der Waals surface area (Å²) in [5.41, 5.74) is 0.0325. The van der Waals surface area contributed by atoms with Gasteiger partial charge in [-0.1, -0.05) is 61.3 Å². The SMILES string of the molecule is CCCC1CCC(=O)C1(C)CCC.CCCO.CCCO.CCCOCCC. The summed E-state index contributed by atoms with van der Waals surface area (Å²) in [7, 11) is 0. The van der Waals surface area contributed by atoms with Crippen molar-refractivity contribution >= 4 is 5.78 Å². The van der Waals surface area contributed by atoms with E-state index in [-0.39, 0.29) is 5.41 Å². The highest BCUT2D eigenvalue weighted by atomic mass is 16.5. The zero-order chi connectivity index (χ0) is 22.3. The normalized spacial score (nSPS) is 20.3. The molecule has 28 heavy (non-hydrogen) atoms. The van der Waals surface area contributed by atoms with Gasteiger partial charge in [0, 0.05) is 38.3 Å². The van der Waals surface area contributed by atoms with Gasteiger partial charge in [0.1, 0.15) is 5.78 Å². The Labute approximate surface area is 176 Å². The molecule has 0 amide bonds. The Morgan fingerprint density at radius 1 is 0.857 bits per heavy atom. The molecule has 0 spiro atoms. The molecule has 1 rings (SSSR count). The minimum atomic E-state index is 0.0325. The quantitative estimate of drug-likeness (QED) is 0.427. The van der Waals surface area contributed by atoms with Gasteiger partial charge >= 0.3 is 0 Å². The zero-order valence-electron chi connectivity index (χ0n) is 20.2. The van der Waals surface area contributed by atoms with Crippen molar-refractivity contribution in [2.24, 2.45) is 11.3 Å². The average Bonchev–Trinajstić information content (AvgIpc) is 2.98. The maximum atomic E-state index is 11.8. The van der Waals surface area contributed by atoms with E-state index in [9.17, 15) is 4.79 Å². The lowest BCUT2D eigenvalue weighted by Crippen LogP contribution is -2.28. The van der Waals surface area contributed by atoms with Crippen LogP contribution in [0.2, 0.25) is 0 Å². The summed E-state index contributed by atoms with van der Waals surface area (Å²) in [5, 5.41) is 15.8. The molecule has 0 radical (unpaired) electrons. The fraction of sp³-hybridized carbons (Fsp3) is 0.958. The number of ketones is 1. The van der Waals surface area contributed by atoms with Crippen LogP contribution < -0.4 is 0 Å². The number of carbonyl (C=O) groups excluding carboxylic acids is 1. The van der Waals surface area contributed by atoms with Gasteiger partial charge in [-0.3, -0.25) is 4.79 Å².